The fraction of sp³-hybridized carbons (Fsp3) is 0. The van der Waals surface area contributed by atoms with Crippen LogP contribution in [0.15, 0.2) is 32.9 Å². The normalized spacial score (nSPS) is 10.2. The average molecular weight is 254 g/mol. The highest BCUT2D eigenvalue weighted by molar-refractivity contribution is 8.01. The van der Waals surface area contributed by atoms with Crippen molar-refractivity contribution >= 4 is 34.5 Å². The van der Waals surface area contributed by atoms with E-state index in [1.54, 1.807) is 17.6 Å². The Morgan fingerprint density at radius 1 is 1.50 bits per heavy atom. The fourth-order valence-corrected chi connectivity index (χ4v) is 2.57. The quantitative estimate of drug-likeness (QED) is 0.512. The van der Waals surface area contributed by atoms with Crippen LogP contribution in [0.4, 0.5) is 11.4 Å². The number of hydrogen-bond donors (Lipinski definition) is 1. The molecule has 0 atom stereocenters. The van der Waals surface area contributed by atoms with Crippen molar-refractivity contribution in [2.24, 2.45) is 0 Å². The summed E-state index contributed by atoms with van der Waals surface area (Å²) in [5, 5.41) is 18.1. The van der Waals surface area contributed by atoms with Gasteiger partial charge < -0.3 is 5.73 Å². The van der Waals surface area contributed by atoms with E-state index in [2.05, 4.69) is 10.2 Å². The van der Waals surface area contributed by atoms with Crippen molar-refractivity contribution in [2.75, 3.05) is 5.73 Å². The van der Waals surface area contributed by atoms with Crippen molar-refractivity contribution in [2.45, 2.75) is 9.24 Å². The summed E-state index contributed by atoms with van der Waals surface area (Å²) < 4.78 is 0.772. The van der Waals surface area contributed by atoms with Crippen LogP contribution >= 0.6 is 23.1 Å². The van der Waals surface area contributed by atoms with E-state index in [-0.39, 0.29) is 11.4 Å². The van der Waals surface area contributed by atoms with E-state index in [1.807, 2.05) is 0 Å². The molecule has 82 valence electrons. The maximum Gasteiger partial charge on any atom is 0.292 e. The van der Waals surface area contributed by atoms with E-state index in [4.69, 9.17) is 5.73 Å². The smallest absolute Gasteiger partial charge is 0.292 e. The molecule has 0 saturated carbocycles. The molecule has 0 aliphatic carbocycles. The van der Waals surface area contributed by atoms with Crippen molar-refractivity contribution in [1.82, 2.24) is 10.2 Å². The minimum Gasteiger partial charge on any atom is -0.393 e. The molecular formula is C8H6N4O2S2. The van der Waals surface area contributed by atoms with E-state index in [0.29, 0.717) is 0 Å². The van der Waals surface area contributed by atoms with Crippen LogP contribution in [-0.4, -0.2) is 15.1 Å². The Labute approximate surface area is 98.7 Å². The van der Waals surface area contributed by atoms with E-state index in [1.165, 1.54) is 29.2 Å². The summed E-state index contributed by atoms with van der Waals surface area (Å²) in [6, 6.07) is 4.59. The summed E-state index contributed by atoms with van der Waals surface area (Å²) in [5.74, 6) is 0. The van der Waals surface area contributed by atoms with Crippen LogP contribution in [0, 0.1) is 10.1 Å². The lowest BCUT2D eigenvalue weighted by atomic mass is 10.3. The Balaban J connectivity index is 2.24. The molecule has 0 unspecified atom stereocenters. The van der Waals surface area contributed by atoms with Crippen LogP contribution in [0.3, 0.4) is 0 Å². The van der Waals surface area contributed by atoms with Crippen LogP contribution in [0.25, 0.3) is 0 Å². The number of nitrogen functional groups attached to an aromatic ring is 1. The van der Waals surface area contributed by atoms with E-state index in [9.17, 15) is 10.1 Å². The first-order valence-electron chi connectivity index (χ1n) is 4.15. The second-order valence-corrected chi connectivity index (χ2v) is 4.94. The molecule has 0 spiro atoms. The SMILES string of the molecule is Nc1cc(Sc2nncs2)ccc1[N+](=O)[O-]. The summed E-state index contributed by atoms with van der Waals surface area (Å²) in [6.07, 6.45) is 0. The molecule has 0 aliphatic heterocycles. The van der Waals surface area contributed by atoms with Gasteiger partial charge in [0.05, 0.1) is 4.92 Å². The number of rotatable bonds is 3. The topological polar surface area (TPSA) is 94.9 Å². The zero-order valence-electron chi connectivity index (χ0n) is 7.86. The first-order chi connectivity index (χ1) is 7.66. The highest BCUT2D eigenvalue weighted by Gasteiger charge is 2.12. The summed E-state index contributed by atoms with van der Waals surface area (Å²) in [4.78, 5) is 10.8. The molecule has 0 radical (unpaired) electrons. The van der Waals surface area contributed by atoms with Crippen molar-refractivity contribution in [3.05, 3.63) is 33.8 Å². The largest absolute Gasteiger partial charge is 0.393 e. The van der Waals surface area contributed by atoms with Gasteiger partial charge in [-0.1, -0.05) is 23.1 Å². The van der Waals surface area contributed by atoms with Gasteiger partial charge in [-0.05, 0) is 12.1 Å². The monoisotopic (exact) mass is 254 g/mol. The van der Waals surface area contributed by atoms with Gasteiger partial charge in [0, 0.05) is 11.0 Å². The minimum absolute atomic E-state index is 0.0818. The second-order valence-electron chi connectivity index (χ2n) is 2.78. The van der Waals surface area contributed by atoms with Gasteiger partial charge in [0.25, 0.3) is 5.69 Å². The van der Waals surface area contributed by atoms with Crippen molar-refractivity contribution in [3.8, 4) is 0 Å². The van der Waals surface area contributed by atoms with Crippen molar-refractivity contribution < 1.29 is 4.92 Å². The lowest BCUT2D eigenvalue weighted by Gasteiger charge is -2.00. The lowest BCUT2D eigenvalue weighted by Crippen LogP contribution is -1.95. The first-order valence-corrected chi connectivity index (χ1v) is 5.84. The highest BCUT2D eigenvalue weighted by atomic mass is 32.2. The van der Waals surface area contributed by atoms with Crippen LogP contribution in [0.2, 0.25) is 0 Å². The first kappa shape index (κ1) is 10.8. The number of nitro groups is 1. The number of anilines is 1. The Bertz CT molecular complexity index is 515. The minimum atomic E-state index is -0.505. The maximum absolute atomic E-state index is 10.5. The number of nitro benzene ring substituents is 1. The Kier molecular flexibility index (Phi) is 3.02. The number of nitrogens with zero attached hydrogens (tertiary/aromatic N) is 3. The Morgan fingerprint density at radius 3 is 2.88 bits per heavy atom. The average Bonchev–Trinajstić information content (AvgIpc) is 2.70. The van der Waals surface area contributed by atoms with Gasteiger partial charge in [0.2, 0.25) is 0 Å². The number of benzene rings is 1. The van der Waals surface area contributed by atoms with E-state index in [0.717, 1.165) is 9.24 Å². The summed E-state index contributed by atoms with van der Waals surface area (Å²) in [5.41, 5.74) is 7.26. The third-order valence-electron chi connectivity index (χ3n) is 1.74. The van der Waals surface area contributed by atoms with Gasteiger partial charge in [-0.25, -0.2) is 0 Å². The predicted octanol–water partition coefficient (Wildman–Crippen LogP) is 2.18. The molecule has 0 fully saturated rings. The molecule has 2 rings (SSSR count). The van der Waals surface area contributed by atoms with Gasteiger partial charge in [0.1, 0.15) is 11.2 Å². The van der Waals surface area contributed by atoms with Gasteiger partial charge in [-0.15, -0.1) is 10.2 Å². The zero-order chi connectivity index (χ0) is 11.5. The zero-order valence-corrected chi connectivity index (χ0v) is 9.49. The summed E-state index contributed by atoms with van der Waals surface area (Å²) >= 11 is 2.77. The molecule has 16 heavy (non-hydrogen) atoms. The highest BCUT2D eigenvalue weighted by Crippen LogP contribution is 2.32. The standard InChI is InChI=1S/C8H6N4O2S2/c9-6-3-5(1-2-7(6)12(13)14)16-8-11-10-4-15-8/h1-4H,9H2. The predicted molar refractivity (Wildman–Crippen MR) is 61.5 cm³/mol. The Hall–Kier alpha value is -1.67. The maximum atomic E-state index is 10.5. The van der Waals surface area contributed by atoms with E-state index >= 15 is 0 Å². The van der Waals surface area contributed by atoms with Crippen LogP contribution in [0.1, 0.15) is 0 Å². The third kappa shape index (κ3) is 2.28. The molecule has 1 aromatic heterocycles. The molecule has 1 heterocycles. The molecule has 0 amide bonds. The molecule has 0 saturated heterocycles. The van der Waals surface area contributed by atoms with Crippen LogP contribution < -0.4 is 5.73 Å². The molecule has 8 heteroatoms. The molecule has 6 nitrogen and oxygen atoms in total. The molecule has 0 aliphatic rings. The van der Waals surface area contributed by atoms with Gasteiger partial charge in [0.15, 0.2) is 4.34 Å². The van der Waals surface area contributed by atoms with Crippen LogP contribution in [-0.2, 0) is 0 Å². The summed E-state index contributed by atoms with van der Waals surface area (Å²) in [6.45, 7) is 0. The molecule has 1 aromatic carbocycles. The van der Waals surface area contributed by atoms with E-state index < -0.39 is 4.92 Å². The molecule has 0 bridgehead atoms. The fourth-order valence-electron chi connectivity index (χ4n) is 1.07. The summed E-state index contributed by atoms with van der Waals surface area (Å²) in [7, 11) is 0. The molecule has 2 aromatic rings. The van der Waals surface area contributed by atoms with Gasteiger partial charge in [-0.2, -0.15) is 0 Å². The van der Waals surface area contributed by atoms with Crippen LogP contribution in [0.5, 0.6) is 0 Å². The van der Waals surface area contributed by atoms with Crippen molar-refractivity contribution in [1.29, 1.82) is 0 Å². The number of nitrogens with two attached hydrogens (primary N) is 1. The Morgan fingerprint density at radius 2 is 2.31 bits per heavy atom. The van der Waals surface area contributed by atoms with Gasteiger partial charge in [-0.3, -0.25) is 10.1 Å². The lowest BCUT2D eigenvalue weighted by molar-refractivity contribution is -0.383. The molecule has 2 N–H and O–H groups in total. The third-order valence-corrected chi connectivity index (χ3v) is 3.51. The number of aromatic nitrogens is 2. The van der Waals surface area contributed by atoms with Gasteiger partial charge >= 0.3 is 0 Å². The van der Waals surface area contributed by atoms with Crippen molar-refractivity contribution in [3.63, 3.8) is 0 Å². The number of hydrogen-bond acceptors (Lipinski definition) is 7. The second kappa shape index (κ2) is 4.45. The molecular weight excluding hydrogens is 248 g/mol.